The van der Waals surface area contributed by atoms with Gasteiger partial charge in [-0.15, -0.1) is 0 Å². The van der Waals surface area contributed by atoms with Gasteiger partial charge < -0.3 is 14.8 Å². The van der Waals surface area contributed by atoms with Gasteiger partial charge in [0, 0.05) is 48.5 Å². The predicted molar refractivity (Wildman–Crippen MR) is 97.7 cm³/mol. The van der Waals surface area contributed by atoms with Gasteiger partial charge in [-0.05, 0) is 30.8 Å². The molecule has 1 N–H and O–H groups in total. The number of aromatic nitrogens is 2. The minimum Gasteiger partial charge on any atom is -0.340 e. The standard InChI is InChI=1S/C18H21ClN4O2/c1-2-22-7-9-23(10-8-22)16(24)11-14-12-20-17(21-18(14)25)13-3-5-15(19)6-4-13/h3-6,12H,2,7-11H2,1H3,(H,20,21,25). The lowest BCUT2D eigenvalue weighted by Gasteiger charge is -2.34. The molecule has 0 unspecified atom stereocenters. The van der Waals surface area contributed by atoms with Gasteiger partial charge in [-0.1, -0.05) is 18.5 Å². The van der Waals surface area contributed by atoms with Crippen LogP contribution in [0.25, 0.3) is 11.4 Å². The van der Waals surface area contributed by atoms with Crippen molar-refractivity contribution in [1.82, 2.24) is 19.8 Å². The molecule has 1 aliphatic heterocycles. The van der Waals surface area contributed by atoms with E-state index in [1.54, 1.807) is 24.3 Å². The highest BCUT2D eigenvalue weighted by atomic mass is 35.5. The van der Waals surface area contributed by atoms with Crippen LogP contribution < -0.4 is 5.56 Å². The fraction of sp³-hybridized carbons (Fsp3) is 0.389. The molecule has 0 bridgehead atoms. The number of halogens is 1. The number of carbonyl (C=O) groups is 1. The number of H-pyrrole nitrogens is 1. The summed E-state index contributed by atoms with van der Waals surface area (Å²) in [5, 5.41) is 0.622. The highest BCUT2D eigenvalue weighted by molar-refractivity contribution is 6.30. The van der Waals surface area contributed by atoms with Crippen LogP contribution in [-0.4, -0.2) is 58.4 Å². The molecule has 7 heteroatoms. The summed E-state index contributed by atoms with van der Waals surface area (Å²) in [6.45, 7) is 6.29. The highest BCUT2D eigenvalue weighted by Crippen LogP contribution is 2.17. The Morgan fingerprint density at radius 2 is 1.88 bits per heavy atom. The molecule has 1 saturated heterocycles. The Morgan fingerprint density at radius 3 is 2.48 bits per heavy atom. The van der Waals surface area contributed by atoms with E-state index < -0.39 is 0 Å². The summed E-state index contributed by atoms with van der Waals surface area (Å²) in [6, 6.07) is 7.06. The van der Waals surface area contributed by atoms with Crippen molar-refractivity contribution in [3.63, 3.8) is 0 Å². The molecule has 1 aromatic carbocycles. The SMILES string of the molecule is CCN1CCN(C(=O)Cc2cnc(-c3ccc(Cl)cc3)[nH]c2=O)CC1. The van der Waals surface area contributed by atoms with Crippen molar-refractivity contribution in [2.45, 2.75) is 13.3 Å². The number of hydrogen-bond acceptors (Lipinski definition) is 4. The lowest BCUT2D eigenvalue weighted by atomic mass is 10.2. The van der Waals surface area contributed by atoms with E-state index >= 15 is 0 Å². The number of carbonyl (C=O) groups excluding carboxylic acids is 1. The van der Waals surface area contributed by atoms with Gasteiger partial charge in [-0.25, -0.2) is 4.98 Å². The predicted octanol–water partition coefficient (Wildman–Crippen LogP) is 1.80. The average molecular weight is 361 g/mol. The number of rotatable bonds is 4. The van der Waals surface area contributed by atoms with E-state index in [2.05, 4.69) is 21.8 Å². The van der Waals surface area contributed by atoms with E-state index in [1.807, 2.05) is 4.90 Å². The van der Waals surface area contributed by atoms with Crippen LogP contribution >= 0.6 is 11.6 Å². The fourth-order valence-corrected chi connectivity index (χ4v) is 3.02. The molecular formula is C18H21ClN4O2. The lowest BCUT2D eigenvalue weighted by molar-refractivity contribution is -0.132. The monoisotopic (exact) mass is 360 g/mol. The third-order valence-corrected chi connectivity index (χ3v) is 4.76. The highest BCUT2D eigenvalue weighted by Gasteiger charge is 2.21. The maximum atomic E-state index is 12.4. The van der Waals surface area contributed by atoms with Gasteiger partial charge in [0.1, 0.15) is 5.82 Å². The smallest absolute Gasteiger partial charge is 0.254 e. The summed E-state index contributed by atoms with van der Waals surface area (Å²) in [5.41, 5.74) is 0.885. The first-order valence-electron chi connectivity index (χ1n) is 8.41. The topological polar surface area (TPSA) is 69.3 Å². The molecule has 3 rings (SSSR count). The first-order valence-corrected chi connectivity index (χ1v) is 8.79. The van der Waals surface area contributed by atoms with Crippen molar-refractivity contribution in [2.75, 3.05) is 32.7 Å². The van der Waals surface area contributed by atoms with Crippen molar-refractivity contribution in [3.8, 4) is 11.4 Å². The quantitative estimate of drug-likeness (QED) is 0.902. The molecular weight excluding hydrogens is 340 g/mol. The molecule has 2 heterocycles. The van der Waals surface area contributed by atoms with Crippen LogP contribution in [-0.2, 0) is 11.2 Å². The first-order chi connectivity index (χ1) is 12.1. The van der Waals surface area contributed by atoms with Gasteiger partial charge in [0.2, 0.25) is 5.91 Å². The Kier molecular flexibility index (Phi) is 5.50. The minimum absolute atomic E-state index is 0.0257. The second-order valence-electron chi connectivity index (χ2n) is 6.08. The van der Waals surface area contributed by atoms with Crippen molar-refractivity contribution in [3.05, 3.63) is 51.4 Å². The van der Waals surface area contributed by atoms with Crippen LogP contribution in [0.3, 0.4) is 0 Å². The summed E-state index contributed by atoms with van der Waals surface area (Å²) in [4.78, 5) is 35.9. The molecule has 25 heavy (non-hydrogen) atoms. The maximum Gasteiger partial charge on any atom is 0.254 e. The fourth-order valence-electron chi connectivity index (χ4n) is 2.89. The molecule has 1 aliphatic rings. The zero-order valence-electron chi connectivity index (χ0n) is 14.2. The second kappa shape index (κ2) is 7.80. The van der Waals surface area contributed by atoms with Crippen LogP contribution in [0.5, 0.6) is 0 Å². The van der Waals surface area contributed by atoms with Gasteiger partial charge in [-0.2, -0.15) is 0 Å². The van der Waals surface area contributed by atoms with E-state index in [4.69, 9.17) is 11.6 Å². The number of hydrogen-bond donors (Lipinski definition) is 1. The number of piperazine rings is 1. The van der Waals surface area contributed by atoms with Gasteiger partial charge in [0.25, 0.3) is 5.56 Å². The number of amides is 1. The van der Waals surface area contributed by atoms with Crippen LogP contribution in [0.4, 0.5) is 0 Å². The number of aromatic amines is 1. The molecule has 0 atom stereocenters. The summed E-state index contributed by atoms with van der Waals surface area (Å²) in [7, 11) is 0. The number of benzene rings is 1. The summed E-state index contributed by atoms with van der Waals surface area (Å²) < 4.78 is 0. The second-order valence-corrected chi connectivity index (χ2v) is 6.52. The van der Waals surface area contributed by atoms with Gasteiger partial charge >= 0.3 is 0 Å². The van der Waals surface area contributed by atoms with Crippen LogP contribution in [0, 0.1) is 0 Å². The zero-order valence-corrected chi connectivity index (χ0v) is 14.9. The van der Waals surface area contributed by atoms with Gasteiger partial charge in [0.15, 0.2) is 0 Å². The maximum absolute atomic E-state index is 12.4. The molecule has 132 valence electrons. The minimum atomic E-state index is -0.277. The largest absolute Gasteiger partial charge is 0.340 e. The normalized spacial score (nSPS) is 15.4. The molecule has 0 radical (unpaired) electrons. The van der Waals surface area contributed by atoms with E-state index in [9.17, 15) is 9.59 Å². The van der Waals surface area contributed by atoms with E-state index in [1.165, 1.54) is 6.20 Å². The molecule has 1 amide bonds. The first kappa shape index (κ1) is 17.6. The average Bonchev–Trinajstić information content (AvgIpc) is 2.64. The molecule has 1 fully saturated rings. The van der Waals surface area contributed by atoms with E-state index in [0.717, 1.165) is 25.2 Å². The lowest BCUT2D eigenvalue weighted by Crippen LogP contribution is -2.49. The number of likely N-dealkylation sites (N-methyl/N-ethyl adjacent to an activating group) is 1. The number of nitrogens with one attached hydrogen (secondary N) is 1. The van der Waals surface area contributed by atoms with Gasteiger partial charge in [0.05, 0.1) is 6.42 Å². The summed E-state index contributed by atoms with van der Waals surface area (Å²) in [6.07, 6.45) is 1.57. The van der Waals surface area contributed by atoms with Crippen LogP contribution in [0.1, 0.15) is 12.5 Å². The molecule has 0 spiro atoms. The van der Waals surface area contributed by atoms with Crippen molar-refractivity contribution >= 4 is 17.5 Å². The third-order valence-electron chi connectivity index (χ3n) is 4.50. The Balaban J connectivity index is 1.68. The Hall–Kier alpha value is -2.18. The Labute approximate surface area is 151 Å². The summed E-state index contributed by atoms with van der Waals surface area (Å²) in [5.74, 6) is 0.441. The number of nitrogens with zero attached hydrogens (tertiary/aromatic N) is 3. The van der Waals surface area contributed by atoms with Crippen LogP contribution in [0.15, 0.2) is 35.3 Å². The van der Waals surface area contributed by atoms with E-state index in [0.29, 0.717) is 29.5 Å². The van der Waals surface area contributed by atoms with Gasteiger partial charge in [-0.3, -0.25) is 9.59 Å². The zero-order chi connectivity index (χ0) is 17.8. The van der Waals surface area contributed by atoms with Crippen molar-refractivity contribution in [1.29, 1.82) is 0 Å². The Bertz CT molecular complexity index is 795. The van der Waals surface area contributed by atoms with E-state index in [-0.39, 0.29) is 17.9 Å². The molecule has 1 aromatic heterocycles. The molecule has 0 saturated carbocycles. The molecule has 0 aliphatic carbocycles. The third kappa shape index (κ3) is 4.27. The van der Waals surface area contributed by atoms with Crippen molar-refractivity contribution in [2.24, 2.45) is 0 Å². The Morgan fingerprint density at radius 1 is 1.20 bits per heavy atom. The summed E-state index contributed by atoms with van der Waals surface area (Å²) >= 11 is 5.87. The molecule has 2 aromatic rings. The molecule has 6 nitrogen and oxygen atoms in total. The van der Waals surface area contributed by atoms with Crippen molar-refractivity contribution < 1.29 is 4.79 Å². The van der Waals surface area contributed by atoms with Crippen LogP contribution in [0.2, 0.25) is 5.02 Å².